The van der Waals surface area contributed by atoms with Gasteiger partial charge in [-0.1, -0.05) is 39.0 Å². The second-order valence-electron chi connectivity index (χ2n) is 10.4. The van der Waals surface area contributed by atoms with Crippen molar-refractivity contribution >= 4 is 31.2 Å². The van der Waals surface area contributed by atoms with Crippen molar-refractivity contribution in [3.8, 4) is 0 Å². The molecule has 188 valence electrons. The number of aliphatic hydroxyl groups is 2. The molecule has 2 atom stereocenters. The lowest BCUT2D eigenvalue weighted by molar-refractivity contribution is -0.146. The average Bonchev–Trinajstić information content (AvgIpc) is 3.41. The van der Waals surface area contributed by atoms with E-state index in [9.17, 15) is 15.0 Å². The van der Waals surface area contributed by atoms with Crippen molar-refractivity contribution in [1.29, 1.82) is 0 Å². The minimum absolute atomic E-state index is 0.0530. The standard InChI is InChI=1S/C24H33N5O5Si/c1-23(2,3)35(4,5)34-17-11-18(33-24(17,12-30)13-31)29-15-27-19-20(25-14-26-21(19)29)28-22(32)16-9-7-6-8-10-16/h6-10,14-15,17-18,30-31H,11-13H2,1-5H3,(H,25,26,28,32)/t17-,18+/m0/s1. The highest BCUT2D eigenvalue weighted by Crippen LogP contribution is 2.45. The Morgan fingerprint density at radius 3 is 2.51 bits per heavy atom. The molecule has 0 aliphatic carbocycles. The summed E-state index contributed by atoms with van der Waals surface area (Å²) in [7, 11) is -2.22. The highest BCUT2D eigenvalue weighted by molar-refractivity contribution is 6.74. The van der Waals surface area contributed by atoms with E-state index in [1.165, 1.54) is 6.33 Å². The van der Waals surface area contributed by atoms with Gasteiger partial charge in [-0.2, -0.15) is 0 Å². The first kappa shape index (κ1) is 25.4. The molecule has 0 spiro atoms. The second-order valence-corrected chi connectivity index (χ2v) is 15.2. The fourth-order valence-electron chi connectivity index (χ4n) is 3.90. The molecule has 1 saturated heterocycles. The predicted octanol–water partition coefficient (Wildman–Crippen LogP) is 3.11. The number of fused-ring (bicyclic) bond motifs is 1. The summed E-state index contributed by atoms with van der Waals surface area (Å²) >= 11 is 0. The lowest BCUT2D eigenvalue weighted by Crippen LogP contribution is -2.54. The van der Waals surface area contributed by atoms with Crippen LogP contribution in [0.2, 0.25) is 18.1 Å². The summed E-state index contributed by atoms with van der Waals surface area (Å²) < 4.78 is 14.6. The molecule has 10 nitrogen and oxygen atoms in total. The van der Waals surface area contributed by atoms with E-state index in [0.717, 1.165) is 0 Å². The maximum atomic E-state index is 12.6. The zero-order chi connectivity index (χ0) is 25.4. The zero-order valence-corrected chi connectivity index (χ0v) is 21.7. The Bertz CT molecular complexity index is 1190. The van der Waals surface area contributed by atoms with E-state index >= 15 is 0 Å². The van der Waals surface area contributed by atoms with Crippen molar-refractivity contribution in [3.63, 3.8) is 0 Å². The number of amides is 1. The maximum Gasteiger partial charge on any atom is 0.256 e. The van der Waals surface area contributed by atoms with E-state index in [1.54, 1.807) is 35.2 Å². The van der Waals surface area contributed by atoms with Gasteiger partial charge in [0.05, 0.1) is 25.6 Å². The molecule has 1 fully saturated rings. The number of aromatic nitrogens is 4. The van der Waals surface area contributed by atoms with Gasteiger partial charge in [-0.3, -0.25) is 9.36 Å². The van der Waals surface area contributed by atoms with Crippen LogP contribution < -0.4 is 5.32 Å². The fraction of sp³-hybridized carbons (Fsp3) is 0.500. The molecule has 11 heteroatoms. The van der Waals surface area contributed by atoms with Gasteiger partial charge in [0.25, 0.3) is 5.91 Å². The summed E-state index contributed by atoms with van der Waals surface area (Å²) in [4.78, 5) is 25.6. The van der Waals surface area contributed by atoms with Crippen LogP contribution in [-0.4, -0.2) is 68.9 Å². The summed E-state index contributed by atoms with van der Waals surface area (Å²) in [5, 5.41) is 23.2. The first-order chi connectivity index (χ1) is 16.5. The van der Waals surface area contributed by atoms with Crippen molar-refractivity contribution in [1.82, 2.24) is 19.5 Å². The number of benzene rings is 1. The highest BCUT2D eigenvalue weighted by Gasteiger charge is 2.53. The summed E-state index contributed by atoms with van der Waals surface area (Å²) in [6.07, 6.45) is 2.22. The van der Waals surface area contributed by atoms with Crippen molar-refractivity contribution in [2.75, 3.05) is 18.5 Å². The molecule has 1 aromatic carbocycles. The van der Waals surface area contributed by atoms with Crippen LogP contribution >= 0.6 is 0 Å². The summed E-state index contributed by atoms with van der Waals surface area (Å²) in [6, 6.07) is 8.83. The fourth-order valence-corrected chi connectivity index (χ4v) is 5.28. The van der Waals surface area contributed by atoms with Crippen LogP contribution in [0.15, 0.2) is 43.0 Å². The molecule has 2 aromatic heterocycles. The number of carbonyl (C=O) groups is 1. The Labute approximate surface area is 205 Å². The monoisotopic (exact) mass is 499 g/mol. The zero-order valence-electron chi connectivity index (χ0n) is 20.7. The Hall–Kier alpha value is -2.70. The molecule has 3 heterocycles. The SMILES string of the molecule is CC(C)(C)[Si](C)(C)O[C@H]1C[C@H](n2cnc3c(NC(=O)c4ccccc4)ncnc32)OC1(CO)CO. The number of nitrogens with zero attached hydrogens (tertiary/aromatic N) is 4. The molecule has 0 bridgehead atoms. The van der Waals surface area contributed by atoms with Crippen molar-refractivity contribution in [2.45, 2.75) is 63.3 Å². The molecule has 0 saturated carbocycles. The van der Waals surface area contributed by atoms with E-state index in [1.807, 2.05) is 6.07 Å². The maximum absolute atomic E-state index is 12.6. The second kappa shape index (κ2) is 9.39. The van der Waals surface area contributed by atoms with E-state index in [0.29, 0.717) is 23.1 Å². The van der Waals surface area contributed by atoms with Crippen molar-refractivity contribution < 1.29 is 24.2 Å². The van der Waals surface area contributed by atoms with E-state index in [-0.39, 0.29) is 30.0 Å². The molecule has 0 unspecified atom stereocenters. The molecule has 4 rings (SSSR count). The van der Waals surface area contributed by atoms with Crippen LogP contribution in [0.4, 0.5) is 5.82 Å². The number of hydrogen-bond acceptors (Lipinski definition) is 8. The van der Waals surface area contributed by atoms with Gasteiger partial charge in [0.15, 0.2) is 25.3 Å². The lowest BCUT2D eigenvalue weighted by Gasteiger charge is -2.42. The highest BCUT2D eigenvalue weighted by atomic mass is 28.4. The Balaban J connectivity index is 1.63. The summed E-state index contributed by atoms with van der Waals surface area (Å²) in [5.74, 6) is -0.0232. The number of hydrogen-bond donors (Lipinski definition) is 3. The molecule has 3 N–H and O–H groups in total. The lowest BCUT2D eigenvalue weighted by atomic mass is 9.99. The van der Waals surface area contributed by atoms with Crippen LogP contribution in [0.25, 0.3) is 11.2 Å². The normalized spacial score (nSPS) is 20.3. The largest absolute Gasteiger partial charge is 0.411 e. The third-order valence-electron chi connectivity index (χ3n) is 7.09. The number of nitrogens with one attached hydrogen (secondary N) is 1. The average molecular weight is 500 g/mol. The first-order valence-electron chi connectivity index (χ1n) is 11.6. The Kier molecular flexibility index (Phi) is 6.82. The number of ether oxygens (including phenoxy) is 1. The van der Waals surface area contributed by atoms with Gasteiger partial charge in [0.2, 0.25) is 0 Å². The molecule has 1 amide bonds. The molecular weight excluding hydrogens is 466 g/mol. The van der Waals surface area contributed by atoms with Crippen LogP contribution in [-0.2, 0) is 9.16 Å². The van der Waals surface area contributed by atoms with Crippen LogP contribution in [0.3, 0.4) is 0 Å². The summed E-state index contributed by atoms with van der Waals surface area (Å²) in [5.41, 5.74) is 0.117. The minimum Gasteiger partial charge on any atom is -0.411 e. The van der Waals surface area contributed by atoms with Gasteiger partial charge in [-0.25, -0.2) is 15.0 Å². The van der Waals surface area contributed by atoms with E-state index < -0.39 is 26.3 Å². The summed E-state index contributed by atoms with van der Waals surface area (Å²) in [6.45, 7) is 9.88. The molecule has 35 heavy (non-hydrogen) atoms. The van der Waals surface area contributed by atoms with Crippen LogP contribution in [0, 0.1) is 0 Å². The Morgan fingerprint density at radius 2 is 1.89 bits per heavy atom. The molecule has 1 aliphatic heterocycles. The first-order valence-corrected chi connectivity index (χ1v) is 14.5. The minimum atomic E-state index is -2.22. The van der Waals surface area contributed by atoms with Crippen LogP contribution in [0.1, 0.15) is 43.8 Å². The third kappa shape index (κ3) is 4.74. The van der Waals surface area contributed by atoms with Crippen molar-refractivity contribution in [2.24, 2.45) is 0 Å². The van der Waals surface area contributed by atoms with Crippen molar-refractivity contribution in [3.05, 3.63) is 48.5 Å². The predicted molar refractivity (Wildman–Crippen MR) is 133 cm³/mol. The number of anilines is 1. The van der Waals surface area contributed by atoms with Crippen LogP contribution in [0.5, 0.6) is 0 Å². The van der Waals surface area contributed by atoms with E-state index in [4.69, 9.17) is 9.16 Å². The third-order valence-corrected chi connectivity index (χ3v) is 11.6. The quantitative estimate of drug-likeness (QED) is 0.423. The molecule has 1 aliphatic rings. The smallest absolute Gasteiger partial charge is 0.256 e. The topological polar surface area (TPSA) is 132 Å². The van der Waals surface area contributed by atoms with Gasteiger partial charge in [-0.05, 0) is 30.3 Å². The van der Waals surface area contributed by atoms with Gasteiger partial charge in [-0.15, -0.1) is 0 Å². The van der Waals surface area contributed by atoms with Gasteiger partial charge < -0.3 is 24.7 Å². The Morgan fingerprint density at radius 1 is 1.20 bits per heavy atom. The molecular formula is C24H33N5O5Si. The number of aliphatic hydroxyl groups excluding tert-OH is 2. The number of rotatable bonds is 7. The molecule has 0 radical (unpaired) electrons. The van der Waals surface area contributed by atoms with Gasteiger partial charge >= 0.3 is 0 Å². The number of carbonyl (C=O) groups excluding carboxylic acids is 1. The van der Waals surface area contributed by atoms with E-state index in [2.05, 4.69) is 54.1 Å². The van der Waals surface area contributed by atoms with Gasteiger partial charge in [0.1, 0.15) is 18.2 Å². The molecule has 3 aromatic rings. The van der Waals surface area contributed by atoms with Gasteiger partial charge in [0, 0.05) is 12.0 Å². The number of imidazole rings is 1.